The van der Waals surface area contributed by atoms with Crippen molar-refractivity contribution in [2.45, 2.75) is 6.42 Å². The van der Waals surface area contributed by atoms with Crippen LogP contribution in [0, 0.1) is 0 Å². The Morgan fingerprint density at radius 1 is 1.31 bits per heavy atom. The highest BCUT2D eigenvalue weighted by atomic mass is 79.9. The molecule has 0 bridgehead atoms. The molecule has 0 spiro atoms. The fourth-order valence-corrected chi connectivity index (χ4v) is 2.27. The van der Waals surface area contributed by atoms with E-state index in [-0.39, 0.29) is 5.91 Å². The Bertz CT molecular complexity index is 557. The van der Waals surface area contributed by atoms with Gasteiger partial charge < -0.3 is 9.88 Å². The van der Waals surface area contributed by atoms with Crippen LogP contribution in [0.1, 0.15) is 16.9 Å². The number of benzene rings is 1. The first-order chi connectivity index (χ1) is 7.74. The smallest absolute Gasteiger partial charge is 0.270 e. The Morgan fingerprint density at radius 3 is 2.81 bits per heavy atom. The van der Waals surface area contributed by atoms with Gasteiger partial charge in [-0.25, -0.2) is 0 Å². The summed E-state index contributed by atoms with van der Waals surface area (Å²) in [5.74, 6) is 0.110. The minimum absolute atomic E-state index is 0.110. The summed E-state index contributed by atoms with van der Waals surface area (Å²) in [5.41, 5.74) is 1.69. The standard InChI is InChI=1S/C12H11BrN2O/c13-9-3-2-8-6-11(14-10(8)7-9)12(16)15-4-1-5-15/h2-3,6-7,14H,1,4-5H2. The Kier molecular flexibility index (Phi) is 2.24. The molecular weight excluding hydrogens is 268 g/mol. The lowest BCUT2D eigenvalue weighted by molar-refractivity contribution is 0.0646. The van der Waals surface area contributed by atoms with Gasteiger partial charge in [-0.05, 0) is 24.6 Å². The van der Waals surface area contributed by atoms with Crippen molar-refractivity contribution < 1.29 is 4.79 Å². The SMILES string of the molecule is O=C(c1cc2ccc(Br)cc2[nH]1)N1CCC1. The van der Waals surface area contributed by atoms with Gasteiger partial charge in [-0.15, -0.1) is 0 Å². The van der Waals surface area contributed by atoms with E-state index in [1.807, 2.05) is 29.2 Å². The molecule has 4 heteroatoms. The number of H-pyrrole nitrogens is 1. The molecule has 0 unspecified atom stereocenters. The third-order valence-corrected chi connectivity index (χ3v) is 3.45. The third kappa shape index (κ3) is 1.53. The van der Waals surface area contributed by atoms with Gasteiger partial charge in [0.1, 0.15) is 5.69 Å². The quantitative estimate of drug-likeness (QED) is 0.856. The lowest BCUT2D eigenvalue weighted by atomic mass is 10.2. The number of nitrogens with zero attached hydrogens (tertiary/aromatic N) is 1. The lowest BCUT2D eigenvalue weighted by Gasteiger charge is -2.30. The first kappa shape index (κ1) is 9.90. The van der Waals surface area contributed by atoms with Crippen LogP contribution in [0.4, 0.5) is 0 Å². The maximum Gasteiger partial charge on any atom is 0.270 e. The van der Waals surface area contributed by atoms with Crippen LogP contribution in [0.15, 0.2) is 28.7 Å². The summed E-state index contributed by atoms with van der Waals surface area (Å²) in [4.78, 5) is 17.0. The number of carbonyl (C=O) groups excluding carboxylic acids is 1. The van der Waals surface area contributed by atoms with Crippen molar-refractivity contribution >= 4 is 32.7 Å². The highest BCUT2D eigenvalue weighted by Crippen LogP contribution is 2.22. The Labute approximate surface area is 102 Å². The number of likely N-dealkylation sites (tertiary alicyclic amines) is 1. The van der Waals surface area contributed by atoms with E-state index < -0.39 is 0 Å². The van der Waals surface area contributed by atoms with E-state index in [0.717, 1.165) is 34.9 Å². The Morgan fingerprint density at radius 2 is 2.12 bits per heavy atom. The van der Waals surface area contributed by atoms with Crippen LogP contribution in [0.2, 0.25) is 0 Å². The van der Waals surface area contributed by atoms with Gasteiger partial charge in [0.05, 0.1) is 0 Å². The monoisotopic (exact) mass is 278 g/mol. The lowest BCUT2D eigenvalue weighted by Crippen LogP contribution is -2.42. The van der Waals surface area contributed by atoms with E-state index in [4.69, 9.17) is 0 Å². The minimum atomic E-state index is 0.110. The number of nitrogens with one attached hydrogen (secondary N) is 1. The normalized spacial score (nSPS) is 15.2. The summed E-state index contributed by atoms with van der Waals surface area (Å²) in [6, 6.07) is 7.89. The van der Waals surface area contributed by atoms with E-state index in [1.54, 1.807) is 0 Å². The molecule has 1 fully saturated rings. The Balaban J connectivity index is 2.01. The fourth-order valence-electron chi connectivity index (χ4n) is 1.90. The molecule has 1 aliphatic heterocycles. The van der Waals surface area contributed by atoms with Crippen molar-refractivity contribution in [1.82, 2.24) is 9.88 Å². The summed E-state index contributed by atoms with van der Waals surface area (Å²) in [7, 11) is 0. The van der Waals surface area contributed by atoms with Crippen LogP contribution in [0.25, 0.3) is 10.9 Å². The van der Waals surface area contributed by atoms with Crippen molar-refractivity contribution in [3.63, 3.8) is 0 Å². The number of aromatic amines is 1. The molecule has 1 N–H and O–H groups in total. The number of fused-ring (bicyclic) bond motifs is 1. The molecule has 2 aromatic rings. The molecule has 16 heavy (non-hydrogen) atoms. The predicted octanol–water partition coefficient (Wildman–Crippen LogP) is 2.78. The van der Waals surface area contributed by atoms with Crippen LogP contribution in [0.5, 0.6) is 0 Å². The first-order valence-electron chi connectivity index (χ1n) is 5.31. The fraction of sp³-hybridized carbons (Fsp3) is 0.250. The maximum atomic E-state index is 12.0. The molecule has 3 rings (SSSR count). The number of hydrogen-bond acceptors (Lipinski definition) is 1. The number of rotatable bonds is 1. The van der Waals surface area contributed by atoms with Crippen molar-refractivity contribution in [2.24, 2.45) is 0 Å². The van der Waals surface area contributed by atoms with E-state index in [2.05, 4.69) is 20.9 Å². The highest BCUT2D eigenvalue weighted by molar-refractivity contribution is 9.10. The second kappa shape index (κ2) is 3.63. The van der Waals surface area contributed by atoms with Crippen molar-refractivity contribution in [3.05, 3.63) is 34.4 Å². The number of carbonyl (C=O) groups is 1. The third-order valence-electron chi connectivity index (χ3n) is 2.96. The molecule has 0 saturated carbocycles. The molecule has 0 aliphatic carbocycles. The van der Waals surface area contributed by atoms with Crippen molar-refractivity contribution in [3.8, 4) is 0 Å². The van der Waals surface area contributed by atoms with Crippen molar-refractivity contribution in [2.75, 3.05) is 13.1 Å². The van der Waals surface area contributed by atoms with E-state index >= 15 is 0 Å². The molecule has 1 saturated heterocycles. The summed E-state index contributed by atoms with van der Waals surface area (Å²) < 4.78 is 1.02. The van der Waals surface area contributed by atoms with Gasteiger partial charge in [0.15, 0.2) is 0 Å². The molecule has 0 atom stereocenters. The Hall–Kier alpha value is -1.29. The molecule has 82 valence electrons. The minimum Gasteiger partial charge on any atom is -0.350 e. The van der Waals surface area contributed by atoms with Gasteiger partial charge in [0.25, 0.3) is 5.91 Å². The second-order valence-electron chi connectivity index (χ2n) is 4.06. The number of hydrogen-bond donors (Lipinski definition) is 1. The van der Waals surface area contributed by atoms with Gasteiger partial charge in [0.2, 0.25) is 0 Å². The average Bonchev–Trinajstić information content (AvgIpc) is 2.57. The highest BCUT2D eigenvalue weighted by Gasteiger charge is 2.22. The van der Waals surface area contributed by atoms with Crippen LogP contribution in [0.3, 0.4) is 0 Å². The van der Waals surface area contributed by atoms with Crippen molar-refractivity contribution in [1.29, 1.82) is 0 Å². The summed E-state index contributed by atoms with van der Waals surface area (Å²) in [5, 5.41) is 1.08. The molecule has 1 amide bonds. The second-order valence-corrected chi connectivity index (χ2v) is 4.98. The van der Waals surface area contributed by atoms with Gasteiger partial charge in [0, 0.05) is 28.5 Å². The molecule has 2 heterocycles. The zero-order chi connectivity index (χ0) is 11.1. The number of halogens is 1. The predicted molar refractivity (Wildman–Crippen MR) is 66.5 cm³/mol. The molecular formula is C12H11BrN2O. The molecule has 3 nitrogen and oxygen atoms in total. The van der Waals surface area contributed by atoms with Crippen LogP contribution >= 0.6 is 15.9 Å². The molecule has 0 radical (unpaired) electrons. The summed E-state index contributed by atoms with van der Waals surface area (Å²) >= 11 is 3.42. The summed E-state index contributed by atoms with van der Waals surface area (Å²) in [6.07, 6.45) is 1.12. The summed E-state index contributed by atoms with van der Waals surface area (Å²) in [6.45, 7) is 1.77. The maximum absolute atomic E-state index is 12.0. The molecule has 1 aromatic heterocycles. The van der Waals surface area contributed by atoms with Gasteiger partial charge in [-0.1, -0.05) is 22.0 Å². The topological polar surface area (TPSA) is 36.1 Å². The van der Waals surface area contributed by atoms with Crippen LogP contribution in [-0.2, 0) is 0 Å². The van der Waals surface area contributed by atoms with Gasteiger partial charge in [-0.3, -0.25) is 4.79 Å². The zero-order valence-electron chi connectivity index (χ0n) is 8.66. The van der Waals surface area contributed by atoms with Gasteiger partial charge in [-0.2, -0.15) is 0 Å². The van der Waals surface area contributed by atoms with Crippen LogP contribution < -0.4 is 0 Å². The zero-order valence-corrected chi connectivity index (χ0v) is 10.3. The average molecular weight is 279 g/mol. The van der Waals surface area contributed by atoms with E-state index in [9.17, 15) is 4.79 Å². The van der Waals surface area contributed by atoms with Gasteiger partial charge >= 0.3 is 0 Å². The molecule has 1 aromatic carbocycles. The number of aromatic nitrogens is 1. The largest absolute Gasteiger partial charge is 0.350 e. The number of amides is 1. The first-order valence-corrected chi connectivity index (χ1v) is 6.11. The van der Waals surface area contributed by atoms with E-state index in [1.165, 1.54) is 0 Å². The molecule has 1 aliphatic rings. The van der Waals surface area contributed by atoms with E-state index in [0.29, 0.717) is 5.69 Å². The van der Waals surface area contributed by atoms with Crippen LogP contribution in [-0.4, -0.2) is 28.9 Å².